The van der Waals surface area contributed by atoms with Gasteiger partial charge in [-0.1, -0.05) is 12.1 Å². The summed E-state index contributed by atoms with van der Waals surface area (Å²) >= 11 is 0. The van der Waals surface area contributed by atoms with Crippen molar-refractivity contribution in [2.24, 2.45) is 0 Å². The summed E-state index contributed by atoms with van der Waals surface area (Å²) in [5.41, 5.74) is 2.09. The number of carbonyl (C=O) groups is 2. The zero-order valence-electron chi connectivity index (χ0n) is 20.8. The van der Waals surface area contributed by atoms with Crippen LogP contribution < -0.4 is 10.6 Å². The second kappa shape index (κ2) is 12.1. The number of hydrogen-bond acceptors (Lipinski definition) is 5. The Morgan fingerprint density at radius 2 is 1.75 bits per heavy atom. The second-order valence-corrected chi connectivity index (χ2v) is 9.79. The fourth-order valence-electron chi connectivity index (χ4n) is 4.70. The summed E-state index contributed by atoms with van der Waals surface area (Å²) in [5.74, 6) is -0.110. The van der Waals surface area contributed by atoms with Gasteiger partial charge in [-0.25, -0.2) is 4.39 Å². The molecule has 0 bridgehead atoms. The van der Waals surface area contributed by atoms with Gasteiger partial charge in [0.15, 0.2) is 0 Å². The van der Waals surface area contributed by atoms with E-state index in [1.165, 1.54) is 12.1 Å². The van der Waals surface area contributed by atoms with Gasteiger partial charge in [0, 0.05) is 43.7 Å². The lowest BCUT2D eigenvalue weighted by Crippen LogP contribution is -2.54. The first-order chi connectivity index (χ1) is 17.4. The number of nitrogens with zero attached hydrogens (tertiary/aromatic N) is 3. The quantitative estimate of drug-likeness (QED) is 0.499. The highest BCUT2D eigenvalue weighted by molar-refractivity contribution is 5.97. The predicted octanol–water partition coefficient (Wildman–Crippen LogP) is 2.89. The third kappa shape index (κ3) is 6.90. The van der Waals surface area contributed by atoms with E-state index in [0.29, 0.717) is 42.6 Å². The van der Waals surface area contributed by atoms with Crippen LogP contribution in [-0.2, 0) is 4.79 Å². The average Bonchev–Trinajstić information content (AvgIpc) is 3.67. The van der Waals surface area contributed by atoms with Gasteiger partial charge in [-0.05, 0) is 81.2 Å². The molecule has 190 valence electrons. The highest BCUT2D eigenvalue weighted by atomic mass is 19.1. The van der Waals surface area contributed by atoms with E-state index in [9.17, 15) is 14.0 Å². The maximum absolute atomic E-state index is 13.3. The number of likely N-dealkylation sites (N-methyl/N-ethyl adjacent to an activating group) is 1. The van der Waals surface area contributed by atoms with E-state index in [-0.39, 0.29) is 17.6 Å². The van der Waals surface area contributed by atoms with Crippen molar-refractivity contribution in [3.8, 4) is 6.07 Å². The minimum atomic E-state index is -0.579. The van der Waals surface area contributed by atoms with Crippen LogP contribution >= 0.6 is 0 Å². The number of piperazine rings is 1. The Labute approximate surface area is 212 Å². The molecule has 0 spiro atoms. The normalized spacial score (nSPS) is 20.4. The molecule has 0 aromatic heterocycles. The van der Waals surface area contributed by atoms with Crippen molar-refractivity contribution < 1.29 is 14.0 Å². The van der Waals surface area contributed by atoms with Crippen molar-refractivity contribution in [3.05, 3.63) is 71.0 Å². The van der Waals surface area contributed by atoms with E-state index in [1.807, 2.05) is 30.1 Å². The first-order valence-corrected chi connectivity index (χ1v) is 12.7. The van der Waals surface area contributed by atoms with E-state index in [1.54, 1.807) is 24.3 Å². The van der Waals surface area contributed by atoms with Gasteiger partial charge in [0.25, 0.3) is 5.91 Å². The molecule has 7 nitrogen and oxygen atoms in total. The van der Waals surface area contributed by atoms with Gasteiger partial charge < -0.3 is 20.4 Å². The molecule has 1 aliphatic heterocycles. The van der Waals surface area contributed by atoms with Crippen LogP contribution in [0.1, 0.15) is 53.1 Å². The number of rotatable bonds is 10. The summed E-state index contributed by atoms with van der Waals surface area (Å²) in [6.45, 7) is 3.80. The molecule has 2 aromatic carbocycles. The van der Waals surface area contributed by atoms with Gasteiger partial charge in [0.05, 0.1) is 11.6 Å². The molecule has 36 heavy (non-hydrogen) atoms. The Bertz CT molecular complexity index is 1070. The first-order valence-electron chi connectivity index (χ1n) is 12.7. The van der Waals surface area contributed by atoms with E-state index < -0.39 is 6.04 Å². The summed E-state index contributed by atoms with van der Waals surface area (Å²) in [7, 11) is 2.04. The van der Waals surface area contributed by atoms with Gasteiger partial charge in [-0.2, -0.15) is 5.26 Å². The van der Waals surface area contributed by atoms with Crippen LogP contribution in [0.5, 0.6) is 0 Å². The number of halogens is 1. The lowest BCUT2D eigenvalue weighted by Gasteiger charge is -2.34. The van der Waals surface area contributed by atoms with Crippen molar-refractivity contribution in [3.63, 3.8) is 0 Å². The third-order valence-electron chi connectivity index (χ3n) is 7.11. The zero-order chi connectivity index (χ0) is 25.5. The molecule has 2 aromatic rings. The number of unbranched alkanes of at least 4 members (excludes halogenated alkanes) is 1. The maximum atomic E-state index is 13.3. The molecule has 1 aliphatic carbocycles. The Kier molecular flexibility index (Phi) is 8.68. The van der Waals surface area contributed by atoms with Crippen LogP contribution in [0.15, 0.2) is 48.5 Å². The summed E-state index contributed by atoms with van der Waals surface area (Å²) in [6, 6.07) is 15.0. The number of carbonyl (C=O) groups excluding carboxylic acids is 2. The minimum absolute atomic E-state index is 0.0309. The number of hydrogen-bond donors (Lipinski definition) is 2. The van der Waals surface area contributed by atoms with Gasteiger partial charge in [-0.15, -0.1) is 0 Å². The fourth-order valence-corrected chi connectivity index (χ4v) is 4.70. The van der Waals surface area contributed by atoms with E-state index >= 15 is 0 Å². The average molecular weight is 492 g/mol. The molecular formula is C28H34FN5O2. The highest BCUT2D eigenvalue weighted by Crippen LogP contribution is 2.40. The summed E-state index contributed by atoms with van der Waals surface area (Å²) in [4.78, 5) is 30.2. The molecule has 1 heterocycles. The molecule has 2 amide bonds. The Morgan fingerprint density at radius 3 is 2.42 bits per heavy atom. The van der Waals surface area contributed by atoms with Crippen molar-refractivity contribution in [2.75, 3.05) is 39.8 Å². The molecule has 2 aliphatic rings. The SMILES string of the molecule is CN1CCN(C(=O)C(CCCCN[C@@H]2C[C@H]2c2ccc(F)cc2)NC(=O)c2ccc(C#N)cc2)CC1. The largest absolute Gasteiger partial charge is 0.340 e. The molecule has 1 saturated carbocycles. The number of nitriles is 1. The monoisotopic (exact) mass is 491 g/mol. The standard InChI is InChI=1S/C28H34FN5O2/c1-33-14-16-34(17-15-33)28(36)25(32-27(35)22-7-5-20(19-30)6-8-22)4-2-3-13-31-26-18-24(26)21-9-11-23(29)12-10-21/h5-12,24-26,31H,2-4,13-18H2,1H3,(H,32,35)/t24-,25?,26+/m0/s1. The summed E-state index contributed by atoms with van der Waals surface area (Å²) < 4.78 is 13.1. The molecule has 8 heteroatoms. The molecular weight excluding hydrogens is 457 g/mol. The predicted molar refractivity (Wildman–Crippen MR) is 136 cm³/mol. The topological polar surface area (TPSA) is 88.5 Å². The maximum Gasteiger partial charge on any atom is 0.251 e. The van der Waals surface area contributed by atoms with Crippen LogP contribution in [0.3, 0.4) is 0 Å². The lowest BCUT2D eigenvalue weighted by molar-refractivity contribution is -0.135. The summed E-state index contributed by atoms with van der Waals surface area (Å²) in [6.07, 6.45) is 3.32. The zero-order valence-corrected chi connectivity index (χ0v) is 20.8. The van der Waals surface area contributed by atoms with E-state index in [2.05, 4.69) is 15.5 Å². The van der Waals surface area contributed by atoms with Crippen molar-refractivity contribution in [1.82, 2.24) is 20.4 Å². The molecule has 3 atom stereocenters. The smallest absolute Gasteiger partial charge is 0.251 e. The van der Waals surface area contributed by atoms with Crippen LogP contribution in [0.25, 0.3) is 0 Å². The van der Waals surface area contributed by atoms with E-state index in [0.717, 1.165) is 44.5 Å². The van der Waals surface area contributed by atoms with Gasteiger partial charge in [-0.3, -0.25) is 9.59 Å². The van der Waals surface area contributed by atoms with Gasteiger partial charge in [0.1, 0.15) is 11.9 Å². The molecule has 4 rings (SSSR count). The van der Waals surface area contributed by atoms with Crippen LogP contribution in [0.2, 0.25) is 0 Å². The van der Waals surface area contributed by atoms with Crippen LogP contribution in [0.4, 0.5) is 4.39 Å². The van der Waals surface area contributed by atoms with Crippen molar-refractivity contribution in [1.29, 1.82) is 5.26 Å². The number of amides is 2. The Morgan fingerprint density at radius 1 is 1.06 bits per heavy atom. The Balaban J connectivity index is 1.27. The molecule has 1 unspecified atom stereocenters. The van der Waals surface area contributed by atoms with Crippen LogP contribution in [-0.4, -0.2) is 73.5 Å². The van der Waals surface area contributed by atoms with Crippen molar-refractivity contribution in [2.45, 2.75) is 43.7 Å². The Hall–Kier alpha value is -3.28. The van der Waals surface area contributed by atoms with Crippen LogP contribution in [0, 0.1) is 17.1 Å². The fraction of sp³-hybridized carbons (Fsp3) is 0.464. The van der Waals surface area contributed by atoms with Gasteiger partial charge >= 0.3 is 0 Å². The van der Waals surface area contributed by atoms with E-state index in [4.69, 9.17) is 5.26 Å². The molecule has 1 saturated heterocycles. The minimum Gasteiger partial charge on any atom is -0.340 e. The van der Waals surface area contributed by atoms with Gasteiger partial charge in [0.2, 0.25) is 5.91 Å². The number of nitrogens with one attached hydrogen (secondary N) is 2. The highest BCUT2D eigenvalue weighted by Gasteiger charge is 2.37. The molecule has 0 radical (unpaired) electrons. The van der Waals surface area contributed by atoms with Crippen molar-refractivity contribution >= 4 is 11.8 Å². The molecule has 2 fully saturated rings. The molecule has 2 N–H and O–H groups in total. The third-order valence-corrected chi connectivity index (χ3v) is 7.11. The second-order valence-electron chi connectivity index (χ2n) is 9.79. The summed E-state index contributed by atoms with van der Waals surface area (Å²) in [5, 5.41) is 15.5. The lowest BCUT2D eigenvalue weighted by atomic mass is 10.1. The number of benzene rings is 2. The first kappa shape index (κ1) is 25.8.